The number of aliphatic carboxylic acids is 1. The van der Waals surface area contributed by atoms with Gasteiger partial charge in [-0.05, 0) is 61.8 Å². The van der Waals surface area contributed by atoms with E-state index in [1.807, 2.05) is 6.92 Å². The third-order valence-corrected chi connectivity index (χ3v) is 4.35. The smallest absolute Gasteiger partial charge is 0.311 e. The maximum Gasteiger partial charge on any atom is 0.311 e. The Bertz CT molecular complexity index is 456. The molecule has 1 aliphatic carbocycles. The maximum absolute atomic E-state index is 11.6. The number of aryl methyl sites for hydroxylation is 3. The van der Waals surface area contributed by atoms with E-state index in [4.69, 9.17) is 0 Å². The summed E-state index contributed by atoms with van der Waals surface area (Å²) in [6, 6.07) is 4.21. The van der Waals surface area contributed by atoms with Crippen LogP contribution >= 0.6 is 0 Å². The summed E-state index contributed by atoms with van der Waals surface area (Å²) in [4.78, 5) is 11.6. The second kappa shape index (κ2) is 5.13. The minimum Gasteiger partial charge on any atom is -0.481 e. The van der Waals surface area contributed by atoms with Gasteiger partial charge in [-0.2, -0.15) is 0 Å². The van der Waals surface area contributed by atoms with E-state index in [-0.39, 0.29) is 5.92 Å². The fourth-order valence-electron chi connectivity index (χ4n) is 3.20. The number of carboxylic acids is 1. The average molecular weight is 246 g/mol. The van der Waals surface area contributed by atoms with Crippen LogP contribution in [-0.4, -0.2) is 11.1 Å². The van der Waals surface area contributed by atoms with Crippen molar-refractivity contribution in [1.82, 2.24) is 0 Å². The van der Waals surface area contributed by atoms with Gasteiger partial charge in [-0.25, -0.2) is 0 Å². The van der Waals surface area contributed by atoms with Gasteiger partial charge in [0, 0.05) is 0 Å². The summed E-state index contributed by atoms with van der Waals surface area (Å²) in [5.41, 5.74) is 4.58. The molecular weight excluding hydrogens is 224 g/mol. The van der Waals surface area contributed by atoms with Crippen LogP contribution in [0.1, 0.15) is 53.9 Å². The lowest BCUT2D eigenvalue weighted by Crippen LogP contribution is -2.20. The van der Waals surface area contributed by atoms with E-state index >= 15 is 0 Å². The summed E-state index contributed by atoms with van der Waals surface area (Å²) in [5, 5.41) is 9.57. The Morgan fingerprint density at radius 1 is 1.11 bits per heavy atom. The lowest BCUT2D eigenvalue weighted by atomic mass is 9.81. The Labute approximate surface area is 109 Å². The molecule has 2 nitrogen and oxygen atoms in total. The molecule has 0 heterocycles. The first kappa shape index (κ1) is 13.1. The molecule has 0 aromatic heterocycles. The predicted molar refractivity (Wildman–Crippen MR) is 73.0 cm³/mol. The number of hydrogen-bond donors (Lipinski definition) is 1. The van der Waals surface area contributed by atoms with Gasteiger partial charge in [0.1, 0.15) is 0 Å². The molecule has 1 aromatic carbocycles. The zero-order valence-corrected chi connectivity index (χ0v) is 11.5. The number of carboxylic acid groups (broad SMARTS) is 1. The highest BCUT2D eigenvalue weighted by atomic mass is 16.4. The molecule has 0 radical (unpaired) electrons. The van der Waals surface area contributed by atoms with Crippen molar-refractivity contribution in [3.05, 3.63) is 34.4 Å². The standard InChI is InChI=1S/C16H22O2/c1-10-8-12(3)14(9-11(10)2)15(16(17)18)13-6-4-5-7-13/h8-9,13,15H,4-7H2,1-3H3,(H,17,18). The van der Waals surface area contributed by atoms with Crippen molar-refractivity contribution in [3.63, 3.8) is 0 Å². The monoisotopic (exact) mass is 246 g/mol. The first-order valence-corrected chi connectivity index (χ1v) is 6.81. The van der Waals surface area contributed by atoms with Crippen molar-refractivity contribution >= 4 is 5.97 Å². The molecule has 1 aromatic rings. The Balaban J connectivity index is 2.42. The zero-order valence-electron chi connectivity index (χ0n) is 11.5. The molecule has 1 N–H and O–H groups in total. The van der Waals surface area contributed by atoms with E-state index in [0.29, 0.717) is 5.92 Å². The lowest BCUT2D eigenvalue weighted by Gasteiger charge is -2.22. The van der Waals surface area contributed by atoms with E-state index in [2.05, 4.69) is 26.0 Å². The van der Waals surface area contributed by atoms with E-state index in [0.717, 1.165) is 24.0 Å². The van der Waals surface area contributed by atoms with Crippen molar-refractivity contribution in [2.45, 2.75) is 52.4 Å². The molecule has 1 saturated carbocycles. The number of rotatable bonds is 3. The predicted octanol–water partition coefficient (Wildman–Crippen LogP) is 3.97. The molecule has 2 heteroatoms. The van der Waals surface area contributed by atoms with Crippen LogP contribution in [0, 0.1) is 26.7 Å². The highest BCUT2D eigenvalue weighted by molar-refractivity contribution is 5.77. The molecule has 2 rings (SSSR count). The SMILES string of the molecule is Cc1cc(C)c(C(C(=O)O)C2CCCC2)cc1C. The van der Waals surface area contributed by atoms with Crippen molar-refractivity contribution in [2.75, 3.05) is 0 Å². The van der Waals surface area contributed by atoms with Gasteiger partial charge in [0.2, 0.25) is 0 Å². The summed E-state index contributed by atoms with van der Waals surface area (Å²) in [7, 11) is 0. The van der Waals surface area contributed by atoms with E-state index < -0.39 is 5.97 Å². The molecular formula is C16H22O2. The molecule has 1 atom stereocenters. The normalized spacial score (nSPS) is 17.9. The van der Waals surface area contributed by atoms with Crippen LogP contribution in [0.2, 0.25) is 0 Å². The highest BCUT2D eigenvalue weighted by Gasteiger charge is 2.32. The van der Waals surface area contributed by atoms with Gasteiger partial charge in [0.25, 0.3) is 0 Å². The summed E-state index contributed by atoms with van der Waals surface area (Å²) in [6.07, 6.45) is 4.48. The topological polar surface area (TPSA) is 37.3 Å². The second-order valence-corrected chi connectivity index (χ2v) is 5.65. The summed E-state index contributed by atoms with van der Waals surface area (Å²) in [5.74, 6) is -0.650. The van der Waals surface area contributed by atoms with Gasteiger partial charge in [0.15, 0.2) is 0 Å². The van der Waals surface area contributed by atoms with Crippen molar-refractivity contribution in [3.8, 4) is 0 Å². The number of carbonyl (C=O) groups is 1. The Morgan fingerprint density at radius 2 is 1.67 bits per heavy atom. The van der Waals surface area contributed by atoms with Crippen LogP contribution in [0.3, 0.4) is 0 Å². The van der Waals surface area contributed by atoms with Gasteiger partial charge in [0.05, 0.1) is 5.92 Å². The first-order chi connectivity index (χ1) is 8.50. The summed E-state index contributed by atoms with van der Waals surface area (Å²) >= 11 is 0. The molecule has 18 heavy (non-hydrogen) atoms. The third-order valence-electron chi connectivity index (χ3n) is 4.35. The maximum atomic E-state index is 11.6. The third kappa shape index (κ3) is 2.43. The fraction of sp³-hybridized carbons (Fsp3) is 0.562. The first-order valence-electron chi connectivity index (χ1n) is 6.81. The van der Waals surface area contributed by atoms with Gasteiger partial charge in [-0.1, -0.05) is 25.0 Å². The lowest BCUT2D eigenvalue weighted by molar-refractivity contribution is -0.140. The minimum absolute atomic E-state index is 0.313. The molecule has 98 valence electrons. The quantitative estimate of drug-likeness (QED) is 0.876. The van der Waals surface area contributed by atoms with Crippen LogP contribution in [0.25, 0.3) is 0 Å². The highest BCUT2D eigenvalue weighted by Crippen LogP contribution is 2.39. The summed E-state index contributed by atoms with van der Waals surface area (Å²) in [6.45, 7) is 6.18. The van der Waals surface area contributed by atoms with Gasteiger partial charge < -0.3 is 5.11 Å². The van der Waals surface area contributed by atoms with Crippen molar-refractivity contribution in [2.24, 2.45) is 5.92 Å². The molecule has 1 fully saturated rings. The molecule has 0 aliphatic heterocycles. The Hall–Kier alpha value is -1.31. The molecule has 1 aliphatic rings. The Morgan fingerprint density at radius 3 is 2.22 bits per heavy atom. The molecule has 1 unspecified atom stereocenters. The van der Waals surface area contributed by atoms with Crippen LogP contribution in [-0.2, 0) is 4.79 Å². The van der Waals surface area contributed by atoms with Crippen LogP contribution in [0.5, 0.6) is 0 Å². The van der Waals surface area contributed by atoms with Crippen LogP contribution in [0.15, 0.2) is 12.1 Å². The van der Waals surface area contributed by atoms with E-state index in [1.54, 1.807) is 0 Å². The number of hydrogen-bond acceptors (Lipinski definition) is 1. The Kier molecular flexibility index (Phi) is 3.74. The van der Waals surface area contributed by atoms with Crippen LogP contribution in [0.4, 0.5) is 0 Å². The molecule has 0 saturated heterocycles. The zero-order chi connectivity index (χ0) is 13.3. The molecule has 0 amide bonds. The van der Waals surface area contributed by atoms with Crippen molar-refractivity contribution < 1.29 is 9.90 Å². The van der Waals surface area contributed by atoms with Gasteiger partial charge >= 0.3 is 5.97 Å². The van der Waals surface area contributed by atoms with E-state index in [9.17, 15) is 9.90 Å². The minimum atomic E-state index is -0.659. The fourth-order valence-corrected chi connectivity index (χ4v) is 3.20. The van der Waals surface area contributed by atoms with E-state index in [1.165, 1.54) is 24.0 Å². The van der Waals surface area contributed by atoms with Gasteiger partial charge in [-0.15, -0.1) is 0 Å². The van der Waals surface area contributed by atoms with Gasteiger partial charge in [-0.3, -0.25) is 4.79 Å². The number of benzene rings is 1. The summed E-state index contributed by atoms with van der Waals surface area (Å²) < 4.78 is 0. The molecule has 0 bridgehead atoms. The molecule has 0 spiro atoms. The second-order valence-electron chi connectivity index (χ2n) is 5.65. The average Bonchev–Trinajstić information content (AvgIpc) is 2.79. The van der Waals surface area contributed by atoms with Crippen molar-refractivity contribution in [1.29, 1.82) is 0 Å². The largest absolute Gasteiger partial charge is 0.481 e. The van der Waals surface area contributed by atoms with Crippen LogP contribution < -0.4 is 0 Å².